The third-order valence-electron chi connectivity index (χ3n) is 3.95. The topological polar surface area (TPSA) is 75.7 Å². The third-order valence-corrected chi connectivity index (χ3v) is 3.95. The molecule has 120 valence electrons. The lowest BCUT2D eigenvalue weighted by atomic mass is 9.92. The average molecular weight is 298 g/mol. The van der Waals surface area contributed by atoms with Crippen molar-refractivity contribution in [3.63, 3.8) is 0 Å². The molecule has 0 spiro atoms. The van der Waals surface area contributed by atoms with Gasteiger partial charge < -0.3 is 10.1 Å². The minimum absolute atomic E-state index is 0.171. The normalized spacial score (nSPS) is 20.5. The van der Waals surface area contributed by atoms with Crippen LogP contribution < -0.4 is 5.32 Å². The molecule has 0 saturated carbocycles. The number of hydrogen-bond acceptors (Lipinski definition) is 5. The first-order valence-electron chi connectivity index (χ1n) is 7.36. The predicted octanol–water partition coefficient (Wildman–Crippen LogP) is 1.09. The first kappa shape index (κ1) is 17.6. The van der Waals surface area contributed by atoms with Gasteiger partial charge in [0.1, 0.15) is 5.54 Å². The van der Waals surface area contributed by atoms with E-state index in [9.17, 15) is 14.4 Å². The molecule has 21 heavy (non-hydrogen) atoms. The predicted molar refractivity (Wildman–Crippen MR) is 78.4 cm³/mol. The summed E-state index contributed by atoms with van der Waals surface area (Å²) in [7, 11) is 1.34. The molecule has 1 N–H and O–H groups in total. The van der Waals surface area contributed by atoms with Crippen LogP contribution in [0.3, 0.4) is 0 Å². The molecule has 0 aliphatic carbocycles. The number of nitrogens with one attached hydrogen (secondary N) is 1. The molecule has 0 aromatic carbocycles. The Morgan fingerprint density at radius 2 is 2.05 bits per heavy atom. The van der Waals surface area contributed by atoms with E-state index in [1.165, 1.54) is 12.0 Å². The van der Waals surface area contributed by atoms with Crippen LogP contribution in [0.4, 0.5) is 0 Å². The van der Waals surface area contributed by atoms with Crippen molar-refractivity contribution in [1.29, 1.82) is 0 Å². The molecule has 1 unspecified atom stereocenters. The maximum Gasteiger partial charge on any atom is 0.325 e. The summed E-state index contributed by atoms with van der Waals surface area (Å²) in [6.45, 7) is 8.16. The SMILES string of the molecule is CCCNC(C)(CCN1C(=O)CC(C)(C)C1=O)C(=O)OC. The first-order valence-corrected chi connectivity index (χ1v) is 7.36. The van der Waals surface area contributed by atoms with Gasteiger partial charge in [-0.05, 0) is 26.3 Å². The highest BCUT2D eigenvalue weighted by molar-refractivity contribution is 6.05. The summed E-state index contributed by atoms with van der Waals surface area (Å²) in [5, 5.41) is 3.15. The van der Waals surface area contributed by atoms with Gasteiger partial charge in [0.05, 0.1) is 12.5 Å². The van der Waals surface area contributed by atoms with E-state index in [1.54, 1.807) is 20.8 Å². The minimum Gasteiger partial charge on any atom is -0.468 e. The standard InChI is InChI=1S/C15H26N2O4/c1-6-8-16-15(4,13(20)21-5)7-9-17-11(18)10-14(2,3)12(17)19/h16H,6-10H2,1-5H3. The van der Waals surface area contributed by atoms with Crippen molar-refractivity contribution >= 4 is 17.8 Å². The van der Waals surface area contributed by atoms with Crippen LogP contribution in [0.25, 0.3) is 0 Å². The third kappa shape index (κ3) is 3.81. The fourth-order valence-electron chi connectivity index (χ4n) is 2.48. The molecule has 6 heteroatoms. The molecule has 1 saturated heterocycles. The monoisotopic (exact) mass is 298 g/mol. The zero-order chi connectivity index (χ0) is 16.3. The second kappa shape index (κ2) is 6.56. The fraction of sp³-hybridized carbons (Fsp3) is 0.800. The Morgan fingerprint density at radius 3 is 2.48 bits per heavy atom. The number of imide groups is 1. The second-order valence-electron chi connectivity index (χ2n) is 6.41. The summed E-state index contributed by atoms with van der Waals surface area (Å²) < 4.78 is 4.83. The van der Waals surface area contributed by atoms with Crippen LogP contribution >= 0.6 is 0 Å². The second-order valence-corrected chi connectivity index (χ2v) is 6.41. The van der Waals surface area contributed by atoms with E-state index in [0.29, 0.717) is 13.0 Å². The first-order chi connectivity index (χ1) is 9.68. The number of ether oxygens (including phenoxy) is 1. The van der Waals surface area contributed by atoms with Crippen LogP contribution in [-0.4, -0.2) is 48.4 Å². The number of hydrogen-bond donors (Lipinski definition) is 1. The van der Waals surface area contributed by atoms with Crippen molar-refractivity contribution < 1.29 is 19.1 Å². The number of carbonyl (C=O) groups is 3. The van der Waals surface area contributed by atoms with Gasteiger partial charge in [-0.15, -0.1) is 0 Å². The molecule has 1 aliphatic heterocycles. The summed E-state index contributed by atoms with van der Waals surface area (Å²) in [5.41, 5.74) is -1.53. The Morgan fingerprint density at radius 1 is 1.43 bits per heavy atom. The molecular weight excluding hydrogens is 272 g/mol. The van der Waals surface area contributed by atoms with E-state index in [4.69, 9.17) is 4.74 Å². The lowest BCUT2D eigenvalue weighted by Crippen LogP contribution is -2.52. The van der Waals surface area contributed by atoms with E-state index >= 15 is 0 Å². The summed E-state index contributed by atoms with van der Waals surface area (Å²) in [6, 6.07) is 0. The maximum atomic E-state index is 12.2. The molecule has 2 amide bonds. The lowest BCUT2D eigenvalue weighted by Gasteiger charge is -2.29. The van der Waals surface area contributed by atoms with Gasteiger partial charge >= 0.3 is 5.97 Å². The number of nitrogens with zero attached hydrogens (tertiary/aromatic N) is 1. The molecule has 1 fully saturated rings. The highest BCUT2D eigenvalue weighted by Crippen LogP contribution is 2.32. The fourth-order valence-corrected chi connectivity index (χ4v) is 2.48. The van der Waals surface area contributed by atoms with Crippen LogP contribution in [0.1, 0.15) is 47.0 Å². The van der Waals surface area contributed by atoms with Crippen LogP contribution in [-0.2, 0) is 19.1 Å². The summed E-state index contributed by atoms with van der Waals surface area (Å²) in [4.78, 5) is 37.3. The van der Waals surface area contributed by atoms with Gasteiger partial charge in [0.2, 0.25) is 11.8 Å². The van der Waals surface area contributed by atoms with Crippen LogP contribution in [0, 0.1) is 5.41 Å². The van der Waals surface area contributed by atoms with Crippen molar-refractivity contribution in [2.45, 2.75) is 52.5 Å². The van der Waals surface area contributed by atoms with E-state index < -0.39 is 11.0 Å². The molecule has 0 aromatic rings. The smallest absolute Gasteiger partial charge is 0.325 e. The van der Waals surface area contributed by atoms with Crippen molar-refractivity contribution in [1.82, 2.24) is 10.2 Å². The number of esters is 1. The Kier molecular flexibility index (Phi) is 5.50. The van der Waals surface area contributed by atoms with Crippen molar-refractivity contribution in [2.75, 3.05) is 20.2 Å². The molecule has 0 aromatic heterocycles. The van der Waals surface area contributed by atoms with Crippen LogP contribution in [0.2, 0.25) is 0 Å². The Balaban J connectivity index is 2.76. The largest absolute Gasteiger partial charge is 0.468 e. The van der Waals surface area contributed by atoms with Crippen molar-refractivity contribution in [3.05, 3.63) is 0 Å². The molecule has 6 nitrogen and oxygen atoms in total. The van der Waals surface area contributed by atoms with E-state index in [1.807, 2.05) is 6.92 Å². The molecule has 0 bridgehead atoms. The van der Waals surface area contributed by atoms with E-state index in [-0.39, 0.29) is 30.7 Å². The van der Waals surface area contributed by atoms with Crippen LogP contribution in [0.15, 0.2) is 0 Å². The van der Waals surface area contributed by atoms with Gasteiger partial charge in [0.25, 0.3) is 0 Å². The van der Waals surface area contributed by atoms with Crippen LogP contribution in [0.5, 0.6) is 0 Å². The molecule has 0 radical (unpaired) electrons. The van der Waals surface area contributed by atoms with Gasteiger partial charge in [-0.25, -0.2) is 0 Å². The number of rotatable bonds is 7. The van der Waals surface area contributed by atoms with Crippen molar-refractivity contribution in [3.8, 4) is 0 Å². The number of likely N-dealkylation sites (tertiary alicyclic amines) is 1. The zero-order valence-electron chi connectivity index (χ0n) is 13.6. The molecule has 1 heterocycles. The molecular formula is C15H26N2O4. The number of amides is 2. The Labute approximate surface area is 126 Å². The summed E-state index contributed by atoms with van der Waals surface area (Å²) in [5.74, 6) is -0.725. The minimum atomic E-state index is -0.891. The van der Waals surface area contributed by atoms with Crippen molar-refractivity contribution in [2.24, 2.45) is 5.41 Å². The number of methoxy groups -OCH3 is 1. The van der Waals surface area contributed by atoms with Gasteiger partial charge in [-0.3, -0.25) is 19.3 Å². The summed E-state index contributed by atoms with van der Waals surface area (Å²) >= 11 is 0. The highest BCUT2D eigenvalue weighted by Gasteiger charge is 2.45. The summed E-state index contributed by atoms with van der Waals surface area (Å²) in [6.07, 6.45) is 1.44. The van der Waals surface area contributed by atoms with Gasteiger partial charge in [0.15, 0.2) is 0 Å². The maximum absolute atomic E-state index is 12.2. The Bertz CT molecular complexity index is 433. The zero-order valence-corrected chi connectivity index (χ0v) is 13.6. The molecule has 1 atom stereocenters. The highest BCUT2D eigenvalue weighted by atomic mass is 16.5. The average Bonchev–Trinajstić information content (AvgIpc) is 2.62. The van der Waals surface area contributed by atoms with Gasteiger partial charge in [-0.1, -0.05) is 20.8 Å². The Hall–Kier alpha value is -1.43. The van der Waals surface area contributed by atoms with Gasteiger partial charge in [0, 0.05) is 13.0 Å². The molecule has 1 aliphatic rings. The lowest BCUT2D eigenvalue weighted by molar-refractivity contribution is -0.150. The number of carbonyl (C=O) groups excluding carboxylic acids is 3. The quantitative estimate of drug-likeness (QED) is 0.562. The van der Waals surface area contributed by atoms with E-state index in [0.717, 1.165) is 6.42 Å². The molecule has 1 rings (SSSR count). The van der Waals surface area contributed by atoms with Gasteiger partial charge in [-0.2, -0.15) is 0 Å². The van der Waals surface area contributed by atoms with E-state index in [2.05, 4.69) is 5.32 Å².